The maximum atomic E-state index is 11.1. The second kappa shape index (κ2) is 4.86. The van der Waals surface area contributed by atoms with Crippen molar-refractivity contribution in [3.63, 3.8) is 0 Å². The minimum atomic E-state index is -1.54. The summed E-state index contributed by atoms with van der Waals surface area (Å²) in [4.78, 5) is 11.1. The molecule has 1 heterocycles. The fourth-order valence-corrected chi connectivity index (χ4v) is 1.35. The Labute approximate surface area is 86.2 Å². The third-order valence-corrected chi connectivity index (χ3v) is 2.24. The Kier molecular flexibility index (Phi) is 4.00. The van der Waals surface area contributed by atoms with Gasteiger partial charge in [-0.25, -0.2) is 4.79 Å². The molecule has 15 heavy (non-hydrogen) atoms. The van der Waals surface area contributed by atoms with Crippen LogP contribution in [0.4, 0.5) is 0 Å². The molecule has 1 aliphatic rings. The Morgan fingerprint density at radius 3 is 2.20 bits per heavy atom. The molecule has 1 unspecified atom stereocenters. The van der Waals surface area contributed by atoms with Gasteiger partial charge in [0.2, 0.25) is 0 Å². The van der Waals surface area contributed by atoms with E-state index in [4.69, 9.17) is 9.47 Å². The Morgan fingerprint density at radius 1 is 1.13 bits per heavy atom. The average Bonchev–Trinajstić information content (AvgIpc) is 2.25. The van der Waals surface area contributed by atoms with Crippen LogP contribution in [0.1, 0.15) is 0 Å². The number of rotatable bonds is 2. The summed E-state index contributed by atoms with van der Waals surface area (Å²) in [6.07, 6.45) is -7.01. The van der Waals surface area contributed by atoms with Crippen LogP contribution in [0.15, 0.2) is 0 Å². The number of carbonyl (C=O) groups is 1. The van der Waals surface area contributed by atoms with Crippen LogP contribution in [0.2, 0.25) is 0 Å². The molecule has 0 aromatic heterocycles. The number of carbonyl (C=O) groups excluding carboxylic acids is 1. The van der Waals surface area contributed by atoms with Gasteiger partial charge in [0, 0.05) is 7.11 Å². The van der Waals surface area contributed by atoms with Gasteiger partial charge in [0.15, 0.2) is 12.4 Å². The van der Waals surface area contributed by atoms with E-state index in [9.17, 15) is 20.1 Å². The van der Waals surface area contributed by atoms with Crippen LogP contribution < -0.4 is 0 Å². The largest absolute Gasteiger partial charge is 0.467 e. The zero-order valence-electron chi connectivity index (χ0n) is 8.36. The van der Waals surface area contributed by atoms with E-state index < -0.39 is 36.7 Å². The van der Waals surface area contributed by atoms with Crippen molar-refractivity contribution in [3.05, 3.63) is 0 Å². The minimum absolute atomic E-state index is 0.837. The topological polar surface area (TPSA) is 105 Å². The van der Waals surface area contributed by atoms with E-state index >= 15 is 0 Å². The first kappa shape index (κ1) is 12.3. The molecule has 5 atom stereocenters. The predicted molar refractivity (Wildman–Crippen MR) is 45.7 cm³/mol. The van der Waals surface area contributed by atoms with Gasteiger partial charge in [0.1, 0.15) is 18.3 Å². The van der Waals surface area contributed by atoms with E-state index in [1.807, 2.05) is 0 Å². The number of hydrogen-bond donors (Lipinski definition) is 3. The van der Waals surface area contributed by atoms with Gasteiger partial charge in [-0.05, 0) is 0 Å². The lowest BCUT2D eigenvalue weighted by Gasteiger charge is -2.38. The first-order valence-corrected chi connectivity index (χ1v) is 4.33. The van der Waals surface area contributed by atoms with Crippen molar-refractivity contribution in [1.82, 2.24) is 0 Å². The third-order valence-electron chi connectivity index (χ3n) is 2.24. The van der Waals surface area contributed by atoms with Crippen molar-refractivity contribution in [1.29, 1.82) is 0 Å². The lowest BCUT2D eigenvalue weighted by Crippen LogP contribution is -2.60. The van der Waals surface area contributed by atoms with Crippen LogP contribution in [-0.4, -0.2) is 66.2 Å². The lowest BCUT2D eigenvalue weighted by molar-refractivity contribution is -0.288. The van der Waals surface area contributed by atoms with Gasteiger partial charge in [-0.3, -0.25) is 0 Å². The van der Waals surface area contributed by atoms with Crippen LogP contribution in [0.5, 0.6) is 0 Å². The van der Waals surface area contributed by atoms with Crippen molar-refractivity contribution in [2.45, 2.75) is 30.7 Å². The number of esters is 1. The van der Waals surface area contributed by atoms with Gasteiger partial charge in [0.05, 0.1) is 7.11 Å². The zero-order valence-corrected chi connectivity index (χ0v) is 8.36. The SMILES string of the molecule is COC(=O)[C@H]1OC(OC)[C@H](O)[C@@H](O)[C@H]1O. The highest BCUT2D eigenvalue weighted by Gasteiger charge is 2.47. The van der Waals surface area contributed by atoms with E-state index in [1.54, 1.807) is 0 Å². The number of ether oxygens (including phenoxy) is 3. The Morgan fingerprint density at radius 2 is 1.73 bits per heavy atom. The molecule has 3 N–H and O–H groups in total. The molecular formula is C8H14O7. The van der Waals surface area contributed by atoms with Gasteiger partial charge in [-0.15, -0.1) is 0 Å². The first-order valence-electron chi connectivity index (χ1n) is 4.33. The molecule has 7 heteroatoms. The van der Waals surface area contributed by atoms with Gasteiger partial charge in [-0.1, -0.05) is 0 Å². The van der Waals surface area contributed by atoms with E-state index in [2.05, 4.69) is 4.74 Å². The number of aliphatic hydroxyl groups excluding tert-OH is 3. The Balaban J connectivity index is 2.78. The van der Waals surface area contributed by atoms with E-state index in [0.29, 0.717) is 0 Å². The number of methoxy groups -OCH3 is 2. The van der Waals surface area contributed by atoms with Crippen molar-refractivity contribution in [3.8, 4) is 0 Å². The monoisotopic (exact) mass is 222 g/mol. The van der Waals surface area contributed by atoms with Crippen LogP contribution in [0.25, 0.3) is 0 Å². The molecule has 0 bridgehead atoms. The second-order valence-corrected chi connectivity index (χ2v) is 3.16. The molecule has 0 amide bonds. The summed E-state index contributed by atoms with van der Waals surface area (Å²) >= 11 is 0. The summed E-state index contributed by atoms with van der Waals surface area (Å²) in [5.41, 5.74) is 0. The fourth-order valence-electron chi connectivity index (χ4n) is 1.35. The summed E-state index contributed by atoms with van der Waals surface area (Å²) in [6, 6.07) is 0. The molecule has 1 rings (SSSR count). The van der Waals surface area contributed by atoms with Gasteiger partial charge in [-0.2, -0.15) is 0 Å². The fraction of sp³-hybridized carbons (Fsp3) is 0.875. The summed E-state index contributed by atoms with van der Waals surface area (Å²) in [7, 11) is 2.37. The highest BCUT2D eigenvalue weighted by molar-refractivity contribution is 5.75. The third kappa shape index (κ3) is 2.27. The highest BCUT2D eigenvalue weighted by atomic mass is 16.7. The summed E-state index contributed by atoms with van der Waals surface area (Å²) in [5.74, 6) is -0.837. The summed E-state index contributed by atoms with van der Waals surface area (Å²) in [5, 5.41) is 28.2. The zero-order chi connectivity index (χ0) is 11.6. The second-order valence-electron chi connectivity index (χ2n) is 3.16. The van der Waals surface area contributed by atoms with Crippen molar-refractivity contribution in [2.24, 2.45) is 0 Å². The standard InChI is InChI=1S/C8H14O7/c1-13-7(12)6-4(10)3(9)5(11)8(14-2)15-6/h3-6,8-11H,1-2H3/t3-,4+,5+,6-,8?/m0/s1. The quantitative estimate of drug-likeness (QED) is 0.448. The van der Waals surface area contributed by atoms with E-state index in [0.717, 1.165) is 7.11 Å². The minimum Gasteiger partial charge on any atom is -0.467 e. The average molecular weight is 222 g/mol. The Hall–Kier alpha value is -0.730. The molecular weight excluding hydrogens is 208 g/mol. The molecule has 0 spiro atoms. The maximum absolute atomic E-state index is 11.1. The molecule has 0 aliphatic carbocycles. The number of hydrogen-bond acceptors (Lipinski definition) is 7. The molecule has 0 saturated carbocycles. The van der Waals surface area contributed by atoms with Crippen LogP contribution >= 0.6 is 0 Å². The molecule has 0 radical (unpaired) electrons. The summed E-state index contributed by atoms with van der Waals surface area (Å²) < 4.78 is 14.0. The molecule has 0 aromatic rings. The highest BCUT2D eigenvalue weighted by Crippen LogP contribution is 2.22. The van der Waals surface area contributed by atoms with Crippen LogP contribution in [-0.2, 0) is 19.0 Å². The van der Waals surface area contributed by atoms with Crippen molar-refractivity contribution in [2.75, 3.05) is 14.2 Å². The van der Waals surface area contributed by atoms with Crippen LogP contribution in [0, 0.1) is 0 Å². The lowest BCUT2D eigenvalue weighted by atomic mass is 9.99. The smallest absolute Gasteiger partial charge is 0.337 e. The van der Waals surface area contributed by atoms with Gasteiger partial charge >= 0.3 is 5.97 Å². The molecule has 1 saturated heterocycles. The molecule has 0 aromatic carbocycles. The molecule has 88 valence electrons. The maximum Gasteiger partial charge on any atom is 0.337 e. The molecule has 1 aliphatic heterocycles. The Bertz CT molecular complexity index is 229. The van der Waals surface area contributed by atoms with Crippen molar-refractivity contribution < 1.29 is 34.3 Å². The molecule has 7 nitrogen and oxygen atoms in total. The van der Waals surface area contributed by atoms with E-state index in [1.165, 1.54) is 7.11 Å². The predicted octanol–water partition coefficient (Wildman–Crippen LogP) is -2.39. The summed E-state index contributed by atoms with van der Waals surface area (Å²) in [6.45, 7) is 0. The van der Waals surface area contributed by atoms with Crippen molar-refractivity contribution >= 4 is 5.97 Å². The van der Waals surface area contributed by atoms with E-state index in [-0.39, 0.29) is 0 Å². The normalized spacial score (nSPS) is 41.3. The number of aliphatic hydroxyl groups is 3. The van der Waals surface area contributed by atoms with Crippen LogP contribution in [0.3, 0.4) is 0 Å². The van der Waals surface area contributed by atoms with Gasteiger partial charge in [0.25, 0.3) is 0 Å². The molecule has 1 fully saturated rings. The first-order chi connectivity index (χ1) is 7.02. The van der Waals surface area contributed by atoms with Gasteiger partial charge < -0.3 is 29.5 Å².